The number of halogens is 1. The van der Waals surface area contributed by atoms with Crippen molar-refractivity contribution in [2.75, 3.05) is 19.5 Å². The Labute approximate surface area is 101 Å². The zero-order valence-corrected chi connectivity index (χ0v) is 10.5. The van der Waals surface area contributed by atoms with Crippen LogP contribution in [0.25, 0.3) is 0 Å². The minimum atomic E-state index is -0.204. The molecule has 4 nitrogen and oxygen atoms in total. The Balaban J connectivity index is 2.49. The molecule has 0 radical (unpaired) electrons. The molecule has 0 spiro atoms. The number of anilines is 1. The Morgan fingerprint density at radius 1 is 1.44 bits per heavy atom. The number of methoxy groups -OCH3 is 1. The third-order valence-corrected chi connectivity index (χ3v) is 2.49. The quantitative estimate of drug-likeness (QED) is 0.809. The minimum absolute atomic E-state index is 0.204. The molecule has 0 saturated carbocycles. The van der Waals surface area contributed by atoms with Crippen molar-refractivity contribution in [1.29, 1.82) is 0 Å². The Morgan fingerprint density at radius 3 is 2.69 bits per heavy atom. The normalized spacial score (nSPS) is 11.5. The fourth-order valence-corrected chi connectivity index (χ4v) is 1.28. The molecule has 16 heavy (non-hydrogen) atoms. The van der Waals surface area contributed by atoms with E-state index in [1.54, 1.807) is 19.2 Å². The molecule has 0 aromatic carbocycles. The van der Waals surface area contributed by atoms with E-state index in [1.165, 1.54) is 0 Å². The van der Waals surface area contributed by atoms with Crippen molar-refractivity contribution in [2.45, 2.75) is 25.9 Å². The molecule has 0 unspecified atom stereocenters. The molecule has 5 heteroatoms. The average Bonchev–Trinajstić information content (AvgIpc) is 2.16. The van der Waals surface area contributed by atoms with Crippen LogP contribution < -0.4 is 10.5 Å². The van der Waals surface area contributed by atoms with Gasteiger partial charge in [-0.15, -0.1) is 0 Å². The summed E-state index contributed by atoms with van der Waals surface area (Å²) >= 11 is 5.75. The summed E-state index contributed by atoms with van der Waals surface area (Å²) in [7, 11) is 1.68. The Hall–Kier alpha value is -1.00. The highest BCUT2D eigenvalue weighted by molar-refractivity contribution is 6.29. The zero-order chi connectivity index (χ0) is 12.2. The van der Waals surface area contributed by atoms with E-state index in [0.717, 1.165) is 6.42 Å². The number of aromatic nitrogens is 1. The van der Waals surface area contributed by atoms with Crippen molar-refractivity contribution >= 4 is 17.3 Å². The predicted molar refractivity (Wildman–Crippen MR) is 64.9 cm³/mol. The predicted octanol–water partition coefficient (Wildman–Crippen LogP) is 2.51. The number of nitrogens with two attached hydrogens (primary N) is 1. The molecular weight excluding hydrogens is 228 g/mol. The smallest absolute Gasteiger partial charge is 0.216 e. The van der Waals surface area contributed by atoms with Gasteiger partial charge in [0, 0.05) is 25.3 Å². The number of rotatable bonds is 5. The molecule has 0 aliphatic heterocycles. The number of ether oxygens (including phenoxy) is 2. The SMILES string of the molecule is COC(C)(C)CCOc1cc(N)cc(Cl)n1. The van der Waals surface area contributed by atoms with Gasteiger partial charge in [0.05, 0.1) is 12.2 Å². The van der Waals surface area contributed by atoms with E-state index in [0.29, 0.717) is 23.3 Å². The molecular formula is C11H17ClN2O2. The second-order valence-electron chi connectivity index (χ2n) is 4.12. The molecule has 0 fully saturated rings. The van der Waals surface area contributed by atoms with Crippen LogP contribution in [0.4, 0.5) is 5.69 Å². The van der Waals surface area contributed by atoms with Crippen molar-refractivity contribution in [3.8, 4) is 5.88 Å². The number of hydrogen-bond acceptors (Lipinski definition) is 4. The van der Waals surface area contributed by atoms with Gasteiger partial charge in [0.15, 0.2) is 0 Å². The van der Waals surface area contributed by atoms with Gasteiger partial charge in [0.25, 0.3) is 0 Å². The number of pyridine rings is 1. The van der Waals surface area contributed by atoms with Crippen LogP contribution in [0.2, 0.25) is 5.15 Å². The van der Waals surface area contributed by atoms with Crippen molar-refractivity contribution in [2.24, 2.45) is 0 Å². The molecule has 1 aromatic heterocycles. The van der Waals surface area contributed by atoms with Gasteiger partial charge >= 0.3 is 0 Å². The first kappa shape index (κ1) is 13.1. The second-order valence-corrected chi connectivity index (χ2v) is 4.51. The Kier molecular flexibility index (Phi) is 4.38. The molecule has 1 rings (SSSR count). The van der Waals surface area contributed by atoms with Crippen LogP contribution in [0.1, 0.15) is 20.3 Å². The lowest BCUT2D eigenvalue weighted by molar-refractivity contribution is 0.00510. The van der Waals surface area contributed by atoms with Gasteiger partial charge < -0.3 is 15.2 Å². The van der Waals surface area contributed by atoms with Gasteiger partial charge in [0.1, 0.15) is 5.15 Å². The number of hydrogen-bond donors (Lipinski definition) is 1. The lowest BCUT2D eigenvalue weighted by Crippen LogP contribution is -2.25. The Morgan fingerprint density at radius 2 is 2.12 bits per heavy atom. The second kappa shape index (κ2) is 5.37. The summed E-state index contributed by atoms with van der Waals surface area (Å²) in [6, 6.07) is 3.22. The largest absolute Gasteiger partial charge is 0.477 e. The highest BCUT2D eigenvalue weighted by Gasteiger charge is 2.16. The fraction of sp³-hybridized carbons (Fsp3) is 0.545. The van der Waals surface area contributed by atoms with Crippen LogP contribution in [-0.2, 0) is 4.74 Å². The molecule has 0 aliphatic rings. The maximum Gasteiger partial charge on any atom is 0.216 e. The zero-order valence-electron chi connectivity index (χ0n) is 9.79. The maximum absolute atomic E-state index is 5.75. The van der Waals surface area contributed by atoms with Crippen LogP contribution in [0, 0.1) is 0 Å². The summed E-state index contributed by atoms with van der Waals surface area (Å²) in [6.07, 6.45) is 0.762. The standard InChI is InChI=1S/C11H17ClN2O2/c1-11(2,15-3)4-5-16-10-7-8(13)6-9(12)14-10/h6-7H,4-5H2,1-3H3,(H2,13,14). The highest BCUT2D eigenvalue weighted by atomic mass is 35.5. The summed E-state index contributed by atoms with van der Waals surface area (Å²) in [5.41, 5.74) is 5.95. The summed E-state index contributed by atoms with van der Waals surface area (Å²) < 4.78 is 10.7. The van der Waals surface area contributed by atoms with E-state index in [4.69, 9.17) is 26.8 Å². The molecule has 0 atom stereocenters. The van der Waals surface area contributed by atoms with Crippen LogP contribution in [-0.4, -0.2) is 24.3 Å². The van der Waals surface area contributed by atoms with Crippen molar-refractivity contribution in [3.05, 3.63) is 17.3 Å². The highest BCUT2D eigenvalue weighted by Crippen LogP contribution is 2.19. The third kappa shape index (κ3) is 4.24. The molecule has 1 heterocycles. The molecule has 0 bridgehead atoms. The van der Waals surface area contributed by atoms with E-state index in [9.17, 15) is 0 Å². The van der Waals surface area contributed by atoms with Gasteiger partial charge in [0.2, 0.25) is 5.88 Å². The topological polar surface area (TPSA) is 57.4 Å². The van der Waals surface area contributed by atoms with Gasteiger partial charge in [-0.1, -0.05) is 11.6 Å². The lowest BCUT2D eigenvalue weighted by atomic mass is 10.1. The summed E-state index contributed by atoms with van der Waals surface area (Å²) in [6.45, 7) is 4.50. The van der Waals surface area contributed by atoms with Crippen molar-refractivity contribution in [3.63, 3.8) is 0 Å². The van der Waals surface area contributed by atoms with E-state index in [2.05, 4.69) is 4.98 Å². The summed E-state index contributed by atoms with van der Waals surface area (Å²) in [5, 5.41) is 0.334. The average molecular weight is 245 g/mol. The van der Waals surface area contributed by atoms with Crippen molar-refractivity contribution in [1.82, 2.24) is 4.98 Å². The van der Waals surface area contributed by atoms with E-state index in [1.807, 2.05) is 13.8 Å². The van der Waals surface area contributed by atoms with Crippen LogP contribution >= 0.6 is 11.6 Å². The van der Waals surface area contributed by atoms with E-state index < -0.39 is 0 Å². The lowest BCUT2D eigenvalue weighted by Gasteiger charge is -2.22. The molecule has 0 saturated heterocycles. The Bertz CT molecular complexity index is 336. The number of nitrogens with zero attached hydrogens (tertiary/aromatic N) is 1. The fourth-order valence-electron chi connectivity index (χ4n) is 1.07. The molecule has 1 aromatic rings. The molecule has 2 N–H and O–H groups in total. The summed E-state index contributed by atoms with van der Waals surface area (Å²) in [5.74, 6) is 0.442. The third-order valence-electron chi connectivity index (χ3n) is 2.30. The van der Waals surface area contributed by atoms with E-state index in [-0.39, 0.29) is 5.60 Å². The van der Waals surface area contributed by atoms with Gasteiger partial charge in [-0.2, -0.15) is 0 Å². The number of nitrogen functional groups attached to an aromatic ring is 1. The van der Waals surface area contributed by atoms with Crippen LogP contribution in [0.5, 0.6) is 5.88 Å². The van der Waals surface area contributed by atoms with Crippen molar-refractivity contribution < 1.29 is 9.47 Å². The first-order chi connectivity index (χ1) is 7.43. The molecule has 0 aliphatic carbocycles. The maximum atomic E-state index is 5.75. The minimum Gasteiger partial charge on any atom is -0.477 e. The summed E-state index contributed by atoms with van der Waals surface area (Å²) in [4.78, 5) is 4.00. The van der Waals surface area contributed by atoms with E-state index >= 15 is 0 Å². The first-order valence-corrected chi connectivity index (χ1v) is 5.42. The van der Waals surface area contributed by atoms with Gasteiger partial charge in [-0.3, -0.25) is 0 Å². The van der Waals surface area contributed by atoms with Gasteiger partial charge in [-0.25, -0.2) is 4.98 Å². The monoisotopic (exact) mass is 244 g/mol. The van der Waals surface area contributed by atoms with Crippen LogP contribution in [0.15, 0.2) is 12.1 Å². The first-order valence-electron chi connectivity index (χ1n) is 5.04. The van der Waals surface area contributed by atoms with Gasteiger partial charge in [-0.05, 0) is 19.9 Å². The molecule has 0 amide bonds. The molecule has 90 valence electrons. The van der Waals surface area contributed by atoms with Crippen LogP contribution in [0.3, 0.4) is 0 Å².